The number of nitriles is 1. The number of hydrogen-bond acceptors (Lipinski definition) is 3. The number of aromatic nitrogens is 1. The van der Waals surface area contributed by atoms with E-state index in [1.165, 1.54) is 11.1 Å². The molecule has 0 atom stereocenters. The fourth-order valence-electron chi connectivity index (χ4n) is 3.29. The zero-order chi connectivity index (χ0) is 18.7. The minimum atomic E-state index is 0.276. The zero-order valence-electron chi connectivity index (χ0n) is 15.5. The van der Waals surface area contributed by atoms with Crippen LogP contribution in [0.4, 0.5) is 5.82 Å². The van der Waals surface area contributed by atoms with Gasteiger partial charge in [0.05, 0.1) is 5.69 Å². The van der Waals surface area contributed by atoms with Crippen molar-refractivity contribution in [2.24, 2.45) is 0 Å². The van der Waals surface area contributed by atoms with Crippen LogP contribution in [-0.4, -0.2) is 4.98 Å². The standard InChI is InChI=1S/C23H23N3/c1-4-5-17-7-9-18(10-8-17)22-13-20(21(14-24)23(25)26-22)19-11-6-15(2)12-16(19)3/h6-13H,4-5H2,1-3H3,(H2,25,26). The van der Waals surface area contributed by atoms with Crippen LogP contribution >= 0.6 is 0 Å². The molecule has 2 N–H and O–H groups in total. The van der Waals surface area contributed by atoms with Crippen LogP contribution in [0.2, 0.25) is 0 Å². The lowest BCUT2D eigenvalue weighted by Crippen LogP contribution is -2.00. The van der Waals surface area contributed by atoms with E-state index in [0.717, 1.165) is 40.8 Å². The van der Waals surface area contributed by atoms with Gasteiger partial charge in [-0.2, -0.15) is 5.26 Å². The predicted molar refractivity (Wildman–Crippen MR) is 108 cm³/mol. The molecule has 0 bridgehead atoms. The second kappa shape index (κ2) is 7.41. The Balaban J connectivity index is 2.14. The molecule has 0 fully saturated rings. The minimum Gasteiger partial charge on any atom is -0.383 e. The van der Waals surface area contributed by atoms with E-state index in [1.807, 2.05) is 6.07 Å². The van der Waals surface area contributed by atoms with Crippen molar-refractivity contribution < 1.29 is 0 Å². The Morgan fingerprint density at radius 1 is 1.00 bits per heavy atom. The summed E-state index contributed by atoms with van der Waals surface area (Å²) in [6.07, 6.45) is 2.19. The SMILES string of the molecule is CCCc1ccc(-c2cc(-c3ccc(C)cc3C)c(C#N)c(N)n2)cc1. The van der Waals surface area contributed by atoms with E-state index < -0.39 is 0 Å². The number of rotatable bonds is 4. The Morgan fingerprint density at radius 2 is 1.73 bits per heavy atom. The summed E-state index contributed by atoms with van der Waals surface area (Å²) in [4.78, 5) is 4.48. The molecule has 3 rings (SSSR count). The average Bonchev–Trinajstić information content (AvgIpc) is 2.62. The van der Waals surface area contributed by atoms with Gasteiger partial charge in [0.2, 0.25) is 0 Å². The second-order valence-electron chi connectivity index (χ2n) is 6.69. The highest BCUT2D eigenvalue weighted by molar-refractivity contribution is 5.81. The van der Waals surface area contributed by atoms with Gasteiger partial charge in [-0.1, -0.05) is 61.4 Å². The molecule has 0 spiro atoms. The van der Waals surface area contributed by atoms with Gasteiger partial charge in [-0.05, 0) is 43.0 Å². The molecular weight excluding hydrogens is 318 g/mol. The number of anilines is 1. The minimum absolute atomic E-state index is 0.276. The van der Waals surface area contributed by atoms with Gasteiger partial charge in [0.25, 0.3) is 0 Å². The molecule has 0 saturated heterocycles. The number of benzene rings is 2. The second-order valence-corrected chi connectivity index (χ2v) is 6.69. The highest BCUT2D eigenvalue weighted by Crippen LogP contribution is 2.33. The van der Waals surface area contributed by atoms with Crippen LogP contribution in [0, 0.1) is 25.2 Å². The largest absolute Gasteiger partial charge is 0.383 e. The lowest BCUT2D eigenvalue weighted by molar-refractivity contribution is 0.922. The molecule has 130 valence electrons. The van der Waals surface area contributed by atoms with Gasteiger partial charge in [0, 0.05) is 11.1 Å². The Labute approximate surface area is 155 Å². The average molecular weight is 341 g/mol. The number of hydrogen-bond donors (Lipinski definition) is 1. The van der Waals surface area contributed by atoms with Crippen LogP contribution in [-0.2, 0) is 6.42 Å². The van der Waals surface area contributed by atoms with Crippen molar-refractivity contribution in [2.75, 3.05) is 5.73 Å². The van der Waals surface area contributed by atoms with Crippen molar-refractivity contribution in [2.45, 2.75) is 33.6 Å². The molecule has 3 aromatic rings. The van der Waals surface area contributed by atoms with Gasteiger partial charge in [-0.25, -0.2) is 4.98 Å². The van der Waals surface area contributed by atoms with Gasteiger partial charge in [-0.15, -0.1) is 0 Å². The maximum Gasteiger partial charge on any atom is 0.142 e. The Bertz CT molecular complexity index is 980. The molecule has 26 heavy (non-hydrogen) atoms. The van der Waals surface area contributed by atoms with E-state index >= 15 is 0 Å². The zero-order valence-corrected chi connectivity index (χ0v) is 15.5. The predicted octanol–water partition coefficient (Wildman–Crippen LogP) is 5.44. The Morgan fingerprint density at radius 3 is 2.35 bits per heavy atom. The van der Waals surface area contributed by atoms with E-state index in [-0.39, 0.29) is 5.82 Å². The molecule has 1 aromatic heterocycles. The van der Waals surface area contributed by atoms with Crippen molar-refractivity contribution in [1.82, 2.24) is 4.98 Å². The summed E-state index contributed by atoms with van der Waals surface area (Å²) in [6, 6.07) is 18.8. The number of nitrogens with zero attached hydrogens (tertiary/aromatic N) is 2. The van der Waals surface area contributed by atoms with Crippen molar-refractivity contribution in [3.8, 4) is 28.5 Å². The van der Waals surface area contributed by atoms with Crippen LogP contribution in [0.15, 0.2) is 48.5 Å². The highest BCUT2D eigenvalue weighted by Gasteiger charge is 2.15. The van der Waals surface area contributed by atoms with E-state index in [4.69, 9.17) is 5.73 Å². The molecule has 0 amide bonds. The van der Waals surface area contributed by atoms with Crippen molar-refractivity contribution in [1.29, 1.82) is 5.26 Å². The summed E-state index contributed by atoms with van der Waals surface area (Å²) >= 11 is 0. The molecule has 3 heteroatoms. The van der Waals surface area contributed by atoms with Gasteiger partial charge in [0.1, 0.15) is 17.5 Å². The van der Waals surface area contributed by atoms with Crippen molar-refractivity contribution >= 4 is 5.82 Å². The lowest BCUT2D eigenvalue weighted by Gasteiger charge is -2.13. The molecule has 2 aromatic carbocycles. The molecule has 0 aliphatic carbocycles. The molecular formula is C23H23N3. The number of pyridine rings is 1. The molecule has 0 aliphatic heterocycles. The third kappa shape index (κ3) is 3.45. The summed E-state index contributed by atoms with van der Waals surface area (Å²) in [7, 11) is 0. The fraction of sp³-hybridized carbons (Fsp3) is 0.217. The first-order valence-corrected chi connectivity index (χ1v) is 8.91. The van der Waals surface area contributed by atoms with Crippen LogP contribution in [0.1, 0.15) is 35.6 Å². The smallest absolute Gasteiger partial charge is 0.142 e. The number of nitrogens with two attached hydrogens (primary N) is 1. The van der Waals surface area contributed by atoms with E-state index in [9.17, 15) is 5.26 Å². The topological polar surface area (TPSA) is 62.7 Å². The molecule has 0 saturated carbocycles. The summed E-state index contributed by atoms with van der Waals surface area (Å²) in [5.74, 6) is 0.276. The molecule has 3 nitrogen and oxygen atoms in total. The van der Waals surface area contributed by atoms with Gasteiger partial charge >= 0.3 is 0 Å². The first-order valence-electron chi connectivity index (χ1n) is 8.91. The number of nitrogen functional groups attached to an aromatic ring is 1. The van der Waals surface area contributed by atoms with Crippen LogP contribution < -0.4 is 5.73 Å². The van der Waals surface area contributed by atoms with Gasteiger partial charge in [0.15, 0.2) is 0 Å². The lowest BCUT2D eigenvalue weighted by atomic mass is 9.94. The quantitative estimate of drug-likeness (QED) is 0.687. The monoisotopic (exact) mass is 341 g/mol. The normalized spacial score (nSPS) is 10.5. The van der Waals surface area contributed by atoms with E-state index in [1.54, 1.807) is 0 Å². The van der Waals surface area contributed by atoms with Gasteiger partial charge in [-0.3, -0.25) is 0 Å². The fourth-order valence-corrected chi connectivity index (χ4v) is 3.29. The van der Waals surface area contributed by atoms with E-state index in [2.05, 4.69) is 74.3 Å². The van der Waals surface area contributed by atoms with Crippen LogP contribution in [0.25, 0.3) is 22.4 Å². The molecule has 0 unspecified atom stereocenters. The maximum atomic E-state index is 9.59. The van der Waals surface area contributed by atoms with Crippen LogP contribution in [0.3, 0.4) is 0 Å². The van der Waals surface area contributed by atoms with E-state index in [0.29, 0.717) is 5.56 Å². The Kier molecular flexibility index (Phi) is 5.04. The third-order valence-corrected chi connectivity index (χ3v) is 4.62. The molecule has 0 aliphatic rings. The van der Waals surface area contributed by atoms with Crippen molar-refractivity contribution in [3.05, 3.63) is 70.8 Å². The summed E-state index contributed by atoms with van der Waals surface area (Å²) in [6.45, 7) is 6.29. The summed E-state index contributed by atoms with van der Waals surface area (Å²) < 4.78 is 0. The summed E-state index contributed by atoms with van der Waals surface area (Å²) in [5.41, 5.74) is 13.8. The third-order valence-electron chi connectivity index (χ3n) is 4.62. The first-order chi connectivity index (χ1) is 12.5. The van der Waals surface area contributed by atoms with Crippen molar-refractivity contribution in [3.63, 3.8) is 0 Å². The number of aryl methyl sites for hydroxylation is 3. The highest BCUT2D eigenvalue weighted by atomic mass is 14.8. The molecule has 1 heterocycles. The first kappa shape index (κ1) is 17.7. The maximum absolute atomic E-state index is 9.59. The van der Waals surface area contributed by atoms with Crippen LogP contribution in [0.5, 0.6) is 0 Å². The molecule has 0 radical (unpaired) electrons. The Hall–Kier alpha value is -3.12. The summed E-state index contributed by atoms with van der Waals surface area (Å²) in [5, 5.41) is 9.59. The van der Waals surface area contributed by atoms with Gasteiger partial charge < -0.3 is 5.73 Å².